The van der Waals surface area contributed by atoms with Gasteiger partial charge in [-0.05, 0) is 35.5 Å². The van der Waals surface area contributed by atoms with Gasteiger partial charge in [-0.25, -0.2) is 0 Å². The minimum atomic E-state index is 0.113. The highest BCUT2D eigenvalue weighted by atomic mass is 79.9. The maximum absolute atomic E-state index is 3.66. The van der Waals surface area contributed by atoms with E-state index in [0.29, 0.717) is 0 Å². The largest absolute Gasteiger partial charge is 0.0735 e. The molecule has 0 nitrogen and oxygen atoms in total. The molecule has 0 saturated carbocycles. The first-order valence-corrected chi connectivity index (χ1v) is 7.68. The first-order valence-electron chi connectivity index (χ1n) is 5.18. The highest BCUT2D eigenvalue weighted by Crippen LogP contribution is 2.49. The van der Waals surface area contributed by atoms with Gasteiger partial charge in [0, 0.05) is 4.47 Å². The van der Waals surface area contributed by atoms with Crippen molar-refractivity contribution < 1.29 is 0 Å². The zero-order valence-corrected chi connectivity index (χ0v) is 11.2. The highest BCUT2D eigenvalue weighted by Gasteiger charge is 2.29. The van der Waals surface area contributed by atoms with Crippen LogP contribution in [0.1, 0.15) is 13.8 Å². The molecule has 1 saturated heterocycles. The van der Waals surface area contributed by atoms with E-state index in [1.54, 1.807) is 5.30 Å². The topological polar surface area (TPSA) is 0 Å². The summed E-state index contributed by atoms with van der Waals surface area (Å²) in [4.78, 5) is 0. The Hall–Kier alpha value is 0.130. The molecule has 0 amide bonds. The maximum atomic E-state index is 3.66. The Balaban J connectivity index is 2.21. The van der Waals surface area contributed by atoms with Gasteiger partial charge in [0.1, 0.15) is 0 Å². The minimum Gasteiger partial charge on any atom is -0.0735 e. The summed E-state index contributed by atoms with van der Waals surface area (Å²) in [7, 11) is 0.113. The summed E-state index contributed by atoms with van der Waals surface area (Å²) in [5, 5.41) is 1.57. The fraction of sp³-hybridized carbons (Fsp3) is 0.500. The van der Waals surface area contributed by atoms with E-state index in [-0.39, 0.29) is 7.92 Å². The Morgan fingerprint density at radius 1 is 1.14 bits per heavy atom. The third-order valence-corrected chi connectivity index (χ3v) is 7.28. The first kappa shape index (κ1) is 10.6. The Morgan fingerprint density at radius 3 is 2.29 bits per heavy atom. The predicted molar refractivity (Wildman–Crippen MR) is 68.8 cm³/mol. The lowest BCUT2D eigenvalue weighted by Gasteiger charge is -2.12. The van der Waals surface area contributed by atoms with Crippen molar-refractivity contribution in [1.29, 1.82) is 0 Å². The minimum absolute atomic E-state index is 0.113. The van der Waals surface area contributed by atoms with Crippen LogP contribution in [0.2, 0.25) is 0 Å². The molecule has 1 aromatic carbocycles. The summed E-state index contributed by atoms with van der Waals surface area (Å²) in [5.41, 5.74) is 0. The van der Waals surface area contributed by atoms with Crippen molar-refractivity contribution in [2.24, 2.45) is 11.8 Å². The molecule has 1 aliphatic heterocycles. The number of hydrogen-bond donors (Lipinski definition) is 0. The molecule has 0 spiro atoms. The average Bonchev–Trinajstić information content (AvgIpc) is 2.48. The van der Waals surface area contributed by atoms with Crippen LogP contribution in [0.25, 0.3) is 0 Å². The Morgan fingerprint density at radius 2 is 1.71 bits per heavy atom. The second kappa shape index (κ2) is 4.33. The van der Waals surface area contributed by atoms with Gasteiger partial charge >= 0.3 is 0 Å². The summed E-state index contributed by atoms with van der Waals surface area (Å²) >= 11 is 3.66. The number of halogens is 1. The summed E-state index contributed by atoms with van der Waals surface area (Å²) < 4.78 is 1.31. The van der Waals surface area contributed by atoms with Crippen molar-refractivity contribution in [3.63, 3.8) is 0 Å². The van der Waals surface area contributed by atoms with E-state index in [9.17, 15) is 0 Å². The molecule has 76 valence electrons. The van der Waals surface area contributed by atoms with Gasteiger partial charge in [-0.2, -0.15) is 0 Å². The van der Waals surface area contributed by atoms with E-state index in [0.717, 1.165) is 11.8 Å². The molecular weight excluding hydrogens is 255 g/mol. The zero-order chi connectivity index (χ0) is 10.1. The van der Waals surface area contributed by atoms with E-state index < -0.39 is 0 Å². The Labute approximate surface area is 96.0 Å². The summed E-state index contributed by atoms with van der Waals surface area (Å²) in [5.74, 6) is 1.82. The molecule has 1 heterocycles. The van der Waals surface area contributed by atoms with E-state index in [4.69, 9.17) is 0 Å². The van der Waals surface area contributed by atoms with Crippen molar-refractivity contribution in [2.75, 3.05) is 12.3 Å². The number of benzene rings is 1. The third kappa shape index (κ3) is 2.04. The van der Waals surface area contributed by atoms with Crippen LogP contribution in [-0.2, 0) is 0 Å². The number of rotatable bonds is 1. The quantitative estimate of drug-likeness (QED) is 0.681. The molecule has 0 bridgehead atoms. The Kier molecular flexibility index (Phi) is 3.29. The van der Waals surface area contributed by atoms with Crippen LogP contribution >= 0.6 is 23.9 Å². The van der Waals surface area contributed by atoms with Crippen LogP contribution in [0.4, 0.5) is 0 Å². The summed E-state index contributed by atoms with van der Waals surface area (Å²) in [6.45, 7) is 4.79. The van der Waals surface area contributed by atoms with E-state index in [1.807, 2.05) is 0 Å². The van der Waals surface area contributed by atoms with Gasteiger partial charge in [0.15, 0.2) is 0 Å². The molecule has 1 aromatic rings. The summed E-state index contributed by atoms with van der Waals surface area (Å²) in [6, 6.07) is 8.73. The molecule has 2 unspecified atom stereocenters. The molecule has 0 radical (unpaired) electrons. The van der Waals surface area contributed by atoms with Crippen LogP contribution < -0.4 is 5.30 Å². The van der Waals surface area contributed by atoms with Crippen molar-refractivity contribution in [1.82, 2.24) is 0 Å². The molecule has 2 atom stereocenters. The highest BCUT2D eigenvalue weighted by molar-refractivity contribution is 9.10. The monoisotopic (exact) mass is 270 g/mol. The molecule has 1 fully saturated rings. The molecule has 2 rings (SSSR count). The number of hydrogen-bond acceptors (Lipinski definition) is 0. The standard InChI is InChI=1S/C12H16BrP/c1-9-7-14(8-10(9)2)12-6-4-3-5-11(12)13/h3-6,9-10H,7-8H2,1-2H3. The van der Waals surface area contributed by atoms with Gasteiger partial charge < -0.3 is 0 Å². The fourth-order valence-electron chi connectivity index (χ4n) is 2.03. The lowest BCUT2D eigenvalue weighted by atomic mass is 10.0. The van der Waals surface area contributed by atoms with Crippen LogP contribution in [0.3, 0.4) is 0 Å². The van der Waals surface area contributed by atoms with Crippen LogP contribution in [0.5, 0.6) is 0 Å². The molecule has 14 heavy (non-hydrogen) atoms. The van der Waals surface area contributed by atoms with Gasteiger partial charge in [-0.15, -0.1) is 0 Å². The summed E-state index contributed by atoms with van der Waals surface area (Å²) in [6.07, 6.45) is 2.83. The molecule has 0 N–H and O–H groups in total. The van der Waals surface area contributed by atoms with Crippen molar-refractivity contribution in [3.8, 4) is 0 Å². The SMILES string of the molecule is CC1CP(c2ccccc2Br)CC1C. The smallest absolute Gasteiger partial charge is 0.0252 e. The van der Waals surface area contributed by atoms with Gasteiger partial charge in [0.2, 0.25) is 0 Å². The lowest BCUT2D eigenvalue weighted by molar-refractivity contribution is 0.494. The second-order valence-corrected chi connectivity index (χ2v) is 7.46. The molecule has 1 aliphatic rings. The van der Waals surface area contributed by atoms with Crippen molar-refractivity contribution >= 4 is 29.2 Å². The molecule has 0 aromatic heterocycles. The van der Waals surface area contributed by atoms with Crippen LogP contribution in [0, 0.1) is 11.8 Å². The lowest BCUT2D eigenvalue weighted by Crippen LogP contribution is -2.03. The molecular formula is C12H16BrP. The molecule has 0 aliphatic carbocycles. The van der Waals surface area contributed by atoms with E-state index in [1.165, 1.54) is 16.8 Å². The Bertz CT molecular complexity index is 314. The predicted octanol–water partition coefficient (Wildman–Crippen LogP) is 3.84. The van der Waals surface area contributed by atoms with E-state index in [2.05, 4.69) is 54.0 Å². The van der Waals surface area contributed by atoms with Crippen LogP contribution in [-0.4, -0.2) is 12.3 Å². The fourth-order valence-corrected chi connectivity index (χ4v) is 6.40. The molecule has 2 heteroatoms. The average molecular weight is 271 g/mol. The van der Waals surface area contributed by atoms with Crippen molar-refractivity contribution in [3.05, 3.63) is 28.7 Å². The second-order valence-electron chi connectivity index (χ2n) is 4.31. The van der Waals surface area contributed by atoms with Crippen LogP contribution in [0.15, 0.2) is 28.7 Å². The first-order chi connectivity index (χ1) is 6.68. The van der Waals surface area contributed by atoms with Crippen molar-refractivity contribution in [2.45, 2.75) is 13.8 Å². The van der Waals surface area contributed by atoms with Gasteiger partial charge in [0.25, 0.3) is 0 Å². The van der Waals surface area contributed by atoms with E-state index >= 15 is 0 Å². The zero-order valence-electron chi connectivity index (χ0n) is 8.70. The normalized spacial score (nSPS) is 32.1. The van der Waals surface area contributed by atoms with Gasteiger partial charge in [-0.1, -0.05) is 55.9 Å². The van der Waals surface area contributed by atoms with Gasteiger partial charge in [0.05, 0.1) is 0 Å². The maximum Gasteiger partial charge on any atom is 0.0252 e. The third-order valence-electron chi connectivity index (χ3n) is 3.18. The van der Waals surface area contributed by atoms with Gasteiger partial charge in [-0.3, -0.25) is 0 Å².